The van der Waals surface area contributed by atoms with Crippen LogP contribution in [-0.4, -0.2) is 36.2 Å². The highest BCUT2D eigenvalue weighted by Gasteiger charge is 2.22. The van der Waals surface area contributed by atoms with E-state index in [1.807, 2.05) is 11.8 Å². The van der Waals surface area contributed by atoms with Gasteiger partial charge in [-0.25, -0.2) is 0 Å². The highest BCUT2D eigenvalue weighted by molar-refractivity contribution is 8.13. The van der Waals surface area contributed by atoms with Crippen molar-refractivity contribution in [2.24, 2.45) is 10.9 Å². The third-order valence-electron chi connectivity index (χ3n) is 2.84. The lowest BCUT2D eigenvalue weighted by Crippen LogP contribution is -2.42. The Labute approximate surface area is 97.1 Å². The monoisotopic (exact) mass is 230 g/mol. The first-order valence-electron chi connectivity index (χ1n) is 5.43. The average molecular weight is 230 g/mol. The first kappa shape index (κ1) is 12.8. The molecule has 1 N–H and O–H groups in total. The van der Waals surface area contributed by atoms with Crippen LogP contribution in [0.1, 0.15) is 27.7 Å². The molecular formula is C11H22N2OS. The fourth-order valence-electron chi connectivity index (χ4n) is 1.15. The Bertz CT molecular complexity index is 241. The van der Waals surface area contributed by atoms with Crippen LogP contribution in [-0.2, 0) is 4.74 Å². The van der Waals surface area contributed by atoms with E-state index in [9.17, 15) is 0 Å². The normalized spacial score (nSPS) is 30.3. The van der Waals surface area contributed by atoms with E-state index in [2.05, 4.69) is 38.0 Å². The van der Waals surface area contributed by atoms with Gasteiger partial charge in [0.1, 0.15) is 0 Å². The van der Waals surface area contributed by atoms with Crippen LogP contribution in [0, 0.1) is 5.92 Å². The Balaban J connectivity index is 2.48. The summed E-state index contributed by atoms with van der Waals surface area (Å²) in [5.74, 6) is 1.87. The van der Waals surface area contributed by atoms with Crippen molar-refractivity contribution >= 4 is 16.9 Å². The summed E-state index contributed by atoms with van der Waals surface area (Å²) in [6.45, 7) is 9.29. The summed E-state index contributed by atoms with van der Waals surface area (Å²) in [6.07, 6.45) is 0. The van der Waals surface area contributed by atoms with Crippen molar-refractivity contribution in [1.82, 2.24) is 5.32 Å². The number of nitrogens with one attached hydrogen (secondary N) is 1. The minimum Gasteiger partial charge on any atom is -0.377 e. The van der Waals surface area contributed by atoms with E-state index in [1.165, 1.54) is 0 Å². The Kier molecular flexibility index (Phi) is 4.46. The molecule has 1 aliphatic rings. The number of nitrogens with zero attached hydrogens (tertiary/aromatic N) is 1. The number of ether oxygens (including phenoxy) is 1. The summed E-state index contributed by atoms with van der Waals surface area (Å²) in [5.41, 5.74) is -0.165. The highest BCUT2D eigenvalue weighted by Crippen LogP contribution is 2.20. The van der Waals surface area contributed by atoms with Gasteiger partial charge in [0.2, 0.25) is 0 Å². The second-order valence-corrected chi connectivity index (χ2v) is 5.82. The lowest BCUT2D eigenvalue weighted by atomic mass is 10.1. The summed E-state index contributed by atoms with van der Waals surface area (Å²) in [6, 6.07) is 0.524. The molecule has 1 fully saturated rings. The van der Waals surface area contributed by atoms with E-state index in [-0.39, 0.29) is 5.60 Å². The molecule has 0 amide bonds. The molecule has 0 bridgehead atoms. The minimum atomic E-state index is -0.165. The van der Waals surface area contributed by atoms with Crippen molar-refractivity contribution in [2.45, 2.75) is 39.3 Å². The van der Waals surface area contributed by atoms with Gasteiger partial charge in [0, 0.05) is 18.9 Å². The Morgan fingerprint density at radius 1 is 1.53 bits per heavy atom. The van der Waals surface area contributed by atoms with Gasteiger partial charge in [-0.1, -0.05) is 18.7 Å². The van der Waals surface area contributed by atoms with E-state index >= 15 is 0 Å². The van der Waals surface area contributed by atoms with Gasteiger partial charge >= 0.3 is 0 Å². The molecule has 2 atom stereocenters. The van der Waals surface area contributed by atoms with Crippen LogP contribution in [0.4, 0.5) is 0 Å². The van der Waals surface area contributed by atoms with E-state index < -0.39 is 0 Å². The standard InChI is InChI=1S/C11H22N2OS/c1-8-6-15-10(13-9(8)2)12-7-11(3,4)14-5/h8-9H,6-7H2,1-5H3,(H,12,13). The van der Waals surface area contributed by atoms with Gasteiger partial charge < -0.3 is 10.1 Å². The largest absolute Gasteiger partial charge is 0.377 e. The zero-order valence-corrected chi connectivity index (χ0v) is 11.1. The van der Waals surface area contributed by atoms with Crippen molar-refractivity contribution in [1.29, 1.82) is 0 Å². The molecule has 0 aromatic heterocycles. The van der Waals surface area contributed by atoms with E-state index in [0.717, 1.165) is 10.9 Å². The summed E-state index contributed by atoms with van der Waals surface area (Å²) in [4.78, 5) is 4.55. The Hall–Kier alpha value is -0.220. The van der Waals surface area contributed by atoms with E-state index in [1.54, 1.807) is 7.11 Å². The van der Waals surface area contributed by atoms with Crippen LogP contribution < -0.4 is 5.32 Å². The number of aliphatic imine (C=N–C) groups is 1. The van der Waals surface area contributed by atoms with Crippen LogP contribution in [0.3, 0.4) is 0 Å². The van der Waals surface area contributed by atoms with Gasteiger partial charge in [0.15, 0.2) is 5.17 Å². The molecule has 15 heavy (non-hydrogen) atoms. The molecular weight excluding hydrogens is 208 g/mol. The summed E-state index contributed by atoms with van der Waals surface area (Å²) in [5, 5.41) is 4.48. The molecule has 0 spiro atoms. The zero-order chi connectivity index (χ0) is 11.5. The first-order chi connectivity index (χ1) is 6.94. The molecule has 88 valence electrons. The van der Waals surface area contributed by atoms with Crippen LogP contribution in [0.25, 0.3) is 0 Å². The molecule has 1 rings (SSSR count). The maximum absolute atomic E-state index is 5.33. The second-order valence-electron chi connectivity index (χ2n) is 4.81. The van der Waals surface area contributed by atoms with Crippen molar-refractivity contribution in [3.63, 3.8) is 0 Å². The van der Waals surface area contributed by atoms with Crippen molar-refractivity contribution in [2.75, 3.05) is 19.4 Å². The van der Waals surface area contributed by atoms with Crippen LogP contribution in [0.5, 0.6) is 0 Å². The summed E-state index contributed by atoms with van der Waals surface area (Å²) < 4.78 is 5.33. The van der Waals surface area contributed by atoms with Gasteiger partial charge in [0.25, 0.3) is 0 Å². The zero-order valence-electron chi connectivity index (χ0n) is 10.3. The Morgan fingerprint density at radius 3 is 2.73 bits per heavy atom. The van der Waals surface area contributed by atoms with E-state index in [0.29, 0.717) is 18.5 Å². The molecule has 3 nitrogen and oxygen atoms in total. The molecule has 4 heteroatoms. The maximum atomic E-state index is 5.33. The fourth-order valence-corrected chi connectivity index (χ4v) is 2.29. The van der Waals surface area contributed by atoms with E-state index in [4.69, 9.17) is 4.74 Å². The molecule has 0 aromatic rings. The molecule has 0 aliphatic carbocycles. The molecule has 1 heterocycles. The smallest absolute Gasteiger partial charge is 0.156 e. The third-order valence-corrected chi connectivity index (χ3v) is 4.06. The molecule has 1 aliphatic heterocycles. The maximum Gasteiger partial charge on any atom is 0.156 e. The van der Waals surface area contributed by atoms with Crippen molar-refractivity contribution < 1.29 is 4.74 Å². The predicted molar refractivity (Wildman–Crippen MR) is 67.6 cm³/mol. The molecule has 0 radical (unpaired) electrons. The summed E-state index contributed by atoms with van der Waals surface area (Å²) in [7, 11) is 1.73. The van der Waals surface area contributed by atoms with Gasteiger partial charge in [-0.2, -0.15) is 0 Å². The molecule has 0 aromatic carbocycles. The van der Waals surface area contributed by atoms with Gasteiger partial charge in [-0.15, -0.1) is 0 Å². The van der Waals surface area contributed by atoms with Crippen LogP contribution in [0.2, 0.25) is 0 Å². The van der Waals surface area contributed by atoms with Crippen LogP contribution in [0.15, 0.2) is 4.99 Å². The van der Waals surface area contributed by atoms with Gasteiger partial charge in [-0.3, -0.25) is 4.99 Å². The average Bonchev–Trinajstić information content (AvgIpc) is 2.20. The quantitative estimate of drug-likeness (QED) is 0.806. The van der Waals surface area contributed by atoms with Crippen molar-refractivity contribution in [3.05, 3.63) is 0 Å². The lowest BCUT2D eigenvalue weighted by Gasteiger charge is -2.29. The number of amidine groups is 1. The van der Waals surface area contributed by atoms with Crippen molar-refractivity contribution in [3.8, 4) is 0 Å². The van der Waals surface area contributed by atoms with Crippen LogP contribution >= 0.6 is 11.8 Å². The SMILES string of the molecule is COC(C)(C)CN=C1NC(C)C(C)CS1. The molecule has 2 unspecified atom stereocenters. The number of thioether (sulfide) groups is 1. The summed E-state index contributed by atoms with van der Waals surface area (Å²) >= 11 is 1.81. The number of methoxy groups -OCH3 is 1. The fraction of sp³-hybridized carbons (Fsp3) is 0.909. The molecule has 0 saturated carbocycles. The topological polar surface area (TPSA) is 33.6 Å². The predicted octanol–water partition coefficient (Wildman–Crippen LogP) is 2.13. The lowest BCUT2D eigenvalue weighted by molar-refractivity contribution is 0.0312. The van der Waals surface area contributed by atoms with Gasteiger partial charge in [-0.05, 0) is 26.7 Å². The molecule has 1 saturated heterocycles. The second kappa shape index (κ2) is 5.21. The minimum absolute atomic E-state index is 0.165. The first-order valence-corrected chi connectivity index (χ1v) is 6.42. The number of hydrogen-bond donors (Lipinski definition) is 1. The number of rotatable bonds is 3. The highest BCUT2D eigenvalue weighted by atomic mass is 32.2. The number of hydrogen-bond acceptors (Lipinski definition) is 3. The third kappa shape index (κ3) is 4.03. The van der Waals surface area contributed by atoms with Gasteiger partial charge in [0.05, 0.1) is 12.1 Å². The Morgan fingerprint density at radius 2 is 2.20 bits per heavy atom.